The minimum atomic E-state index is -3.87. The van der Waals surface area contributed by atoms with Crippen molar-refractivity contribution < 1.29 is 26.5 Å². The molecule has 0 saturated heterocycles. The Morgan fingerprint density at radius 1 is 1.41 bits per heavy atom. The highest BCUT2D eigenvalue weighted by atomic mass is 32.2. The Hall–Kier alpha value is -1.91. The van der Waals surface area contributed by atoms with Gasteiger partial charge in [-0.1, -0.05) is 6.07 Å². The molecular weight excluding hydrogens is 320 g/mol. The summed E-state index contributed by atoms with van der Waals surface area (Å²) in [6.45, 7) is -1.08. The van der Waals surface area contributed by atoms with Gasteiger partial charge in [0.1, 0.15) is 36.5 Å². The van der Waals surface area contributed by atoms with Gasteiger partial charge in [-0.15, -0.1) is 0 Å². The van der Waals surface area contributed by atoms with Gasteiger partial charge < -0.3 is 5.11 Å². The largest absolute Gasteiger partial charge is 0.381 e. The zero-order valence-corrected chi connectivity index (χ0v) is 12.3. The second-order valence-electron chi connectivity index (χ2n) is 4.72. The number of hydrogen-bond donors (Lipinski definition) is 1. The SMILES string of the molecule is CS(=O)(=O)OC[C@@](O)(Cn1cncn1)c1ccc(F)cc1F. The van der Waals surface area contributed by atoms with E-state index in [1.165, 1.54) is 17.3 Å². The molecule has 0 saturated carbocycles. The minimum absolute atomic E-state index is 0.312. The predicted octanol–water partition coefficient (Wildman–Crippen LogP) is 0.420. The van der Waals surface area contributed by atoms with Crippen molar-refractivity contribution in [3.63, 3.8) is 0 Å². The summed E-state index contributed by atoms with van der Waals surface area (Å²) in [5.74, 6) is -1.85. The fourth-order valence-electron chi connectivity index (χ4n) is 1.86. The molecule has 120 valence electrons. The first-order valence-corrected chi connectivity index (χ1v) is 7.86. The molecule has 1 aromatic carbocycles. The van der Waals surface area contributed by atoms with E-state index in [2.05, 4.69) is 14.3 Å². The van der Waals surface area contributed by atoms with E-state index in [-0.39, 0.29) is 12.1 Å². The number of aliphatic hydroxyl groups is 1. The quantitative estimate of drug-likeness (QED) is 0.770. The Morgan fingerprint density at radius 2 is 2.14 bits per heavy atom. The van der Waals surface area contributed by atoms with Crippen LogP contribution in [0.1, 0.15) is 5.56 Å². The lowest BCUT2D eigenvalue weighted by Crippen LogP contribution is -2.38. The summed E-state index contributed by atoms with van der Waals surface area (Å²) >= 11 is 0. The Morgan fingerprint density at radius 3 is 2.68 bits per heavy atom. The van der Waals surface area contributed by atoms with Crippen molar-refractivity contribution in [2.45, 2.75) is 12.1 Å². The topological polar surface area (TPSA) is 94.3 Å². The predicted molar refractivity (Wildman–Crippen MR) is 71.1 cm³/mol. The number of nitrogens with zero attached hydrogens (tertiary/aromatic N) is 3. The molecule has 2 aromatic rings. The van der Waals surface area contributed by atoms with Crippen molar-refractivity contribution in [1.82, 2.24) is 14.8 Å². The third-order valence-corrected chi connectivity index (χ3v) is 3.38. The van der Waals surface area contributed by atoms with E-state index in [0.717, 1.165) is 18.4 Å². The van der Waals surface area contributed by atoms with Crippen LogP contribution in [0.25, 0.3) is 0 Å². The Kier molecular flexibility index (Phi) is 4.54. The second kappa shape index (κ2) is 6.07. The van der Waals surface area contributed by atoms with Crippen LogP contribution in [0.15, 0.2) is 30.9 Å². The van der Waals surface area contributed by atoms with Gasteiger partial charge in [0.15, 0.2) is 0 Å². The minimum Gasteiger partial charge on any atom is -0.381 e. The lowest BCUT2D eigenvalue weighted by Gasteiger charge is -2.28. The highest BCUT2D eigenvalue weighted by Gasteiger charge is 2.35. The zero-order valence-electron chi connectivity index (χ0n) is 11.5. The summed E-state index contributed by atoms with van der Waals surface area (Å²) in [4.78, 5) is 3.67. The van der Waals surface area contributed by atoms with Crippen LogP contribution in [0.3, 0.4) is 0 Å². The monoisotopic (exact) mass is 333 g/mol. The number of benzene rings is 1. The number of hydrogen-bond acceptors (Lipinski definition) is 6. The van der Waals surface area contributed by atoms with Gasteiger partial charge in [0, 0.05) is 11.6 Å². The van der Waals surface area contributed by atoms with Crippen molar-refractivity contribution in [3.05, 3.63) is 48.1 Å². The van der Waals surface area contributed by atoms with E-state index in [0.29, 0.717) is 6.07 Å². The van der Waals surface area contributed by atoms with E-state index in [1.54, 1.807) is 0 Å². The highest BCUT2D eigenvalue weighted by Crippen LogP contribution is 2.27. The molecule has 0 aliphatic carbocycles. The zero-order chi connectivity index (χ0) is 16.4. The molecule has 0 amide bonds. The van der Waals surface area contributed by atoms with Gasteiger partial charge in [-0.2, -0.15) is 13.5 Å². The molecule has 22 heavy (non-hydrogen) atoms. The van der Waals surface area contributed by atoms with Gasteiger partial charge in [0.05, 0.1) is 12.8 Å². The molecule has 1 N–H and O–H groups in total. The first kappa shape index (κ1) is 16.5. The lowest BCUT2D eigenvalue weighted by atomic mass is 9.94. The van der Waals surface area contributed by atoms with Crippen LogP contribution in [0.5, 0.6) is 0 Å². The third kappa shape index (κ3) is 4.06. The summed E-state index contributed by atoms with van der Waals surface area (Å²) in [5.41, 5.74) is -2.39. The normalized spacial score (nSPS) is 14.7. The molecule has 0 fully saturated rings. The molecule has 1 heterocycles. The van der Waals surface area contributed by atoms with Gasteiger partial charge in [0.2, 0.25) is 0 Å². The molecule has 10 heteroatoms. The molecule has 0 aliphatic heterocycles. The average Bonchev–Trinajstić information content (AvgIpc) is 2.88. The molecule has 0 bridgehead atoms. The van der Waals surface area contributed by atoms with Crippen LogP contribution in [-0.2, 0) is 26.4 Å². The Bertz CT molecular complexity index is 752. The summed E-state index contributed by atoms with van der Waals surface area (Å²) < 4.78 is 55.0. The molecule has 0 spiro atoms. The summed E-state index contributed by atoms with van der Waals surface area (Å²) in [6.07, 6.45) is 3.25. The first-order chi connectivity index (χ1) is 10.2. The van der Waals surface area contributed by atoms with Crippen molar-refractivity contribution in [2.75, 3.05) is 12.9 Å². The molecule has 1 atom stereocenters. The lowest BCUT2D eigenvalue weighted by molar-refractivity contribution is -0.0277. The molecule has 0 radical (unpaired) electrons. The summed E-state index contributed by atoms with van der Waals surface area (Å²) in [5, 5.41) is 14.4. The fourth-order valence-corrected chi connectivity index (χ4v) is 2.27. The van der Waals surface area contributed by atoms with Crippen molar-refractivity contribution in [2.24, 2.45) is 0 Å². The van der Waals surface area contributed by atoms with Gasteiger partial charge in [0.25, 0.3) is 10.1 Å². The van der Waals surface area contributed by atoms with Gasteiger partial charge >= 0.3 is 0 Å². The van der Waals surface area contributed by atoms with Gasteiger partial charge in [-0.3, -0.25) is 4.18 Å². The maximum atomic E-state index is 13.9. The smallest absolute Gasteiger partial charge is 0.264 e. The van der Waals surface area contributed by atoms with E-state index in [4.69, 9.17) is 0 Å². The average molecular weight is 333 g/mol. The summed E-state index contributed by atoms with van der Waals surface area (Å²) in [6, 6.07) is 2.56. The van der Waals surface area contributed by atoms with Crippen LogP contribution in [0.4, 0.5) is 8.78 Å². The van der Waals surface area contributed by atoms with Crippen molar-refractivity contribution in [1.29, 1.82) is 0 Å². The highest BCUT2D eigenvalue weighted by molar-refractivity contribution is 7.85. The standard InChI is InChI=1S/C12H13F2N3O4S/c1-22(19,20)21-6-12(18,5-17-8-15-7-16-17)10-3-2-9(13)4-11(10)14/h2-4,7-8,18H,5-6H2,1H3/t12-/m0/s1. The maximum Gasteiger partial charge on any atom is 0.264 e. The van der Waals surface area contributed by atoms with Gasteiger partial charge in [-0.25, -0.2) is 18.4 Å². The van der Waals surface area contributed by atoms with E-state index < -0.39 is 34.0 Å². The number of aromatic nitrogens is 3. The van der Waals surface area contributed by atoms with Crippen molar-refractivity contribution >= 4 is 10.1 Å². The fraction of sp³-hybridized carbons (Fsp3) is 0.333. The maximum absolute atomic E-state index is 13.9. The van der Waals surface area contributed by atoms with Crippen LogP contribution >= 0.6 is 0 Å². The second-order valence-corrected chi connectivity index (χ2v) is 6.36. The summed E-state index contributed by atoms with van der Waals surface area (Å²) in [7, 11) is -3.87. The molecule has 0 unspecified atom stereocenters. The van der Waals surface area contributed by atoms with E-state index in [1.807, 2.05) is 0 Å². The number of halogens is 2. The van der Waals surface area contributed by atoms with Crippen LogP contribution in [-0.4, -0.2) is 41.2 Å². The van der Waals surface area contributed by atoms with E-state index in [9.17, 15) is 22.3 Å². The first-order valence-electron chi connectivity index (χ1n) is 6.04. The van der Waals surface area contributed by atoms with E-state index >= 15 is 0 Å². The van der Waals surface area contributed by atoms with Crippen LogP contribution in [0, 0.1) is 11.6 Å². The van der Waals surface area contributed by atoms with Crippen LogP contribution in [0.2, 0.25) is 0 Å². The third-order valence-electron chi connectivity index (χ3n) is 2.83. The number of rotatable bonds is 6. The molecule has 0 aliphatic rings. The molecular formula is C12H13F2N3O4S. The Labute approximate surface area is 125 Å². The van der Waals surface area contributed by atoms with Crippen molar-refractivity contribution in [3.8, 4) is 0 Å². The molecule has 2 rings (SSSR count). The van der Waals surface area contributed by atoms with Crippen LogP contribution < -0.4 is 0 Å². The molecule has 7 nitrogen and oxygen atoms in total. The Balaban J connectivity index is 2.39. The van der Waals surface area contributed by atoms with Gasteiger partial charge in [-0.05, 0) is 6.07 Å². The molecule has 1 aromatic heterocycles.